The Hall–Kier alpha value is -2.18. The van der Waals surface area contributed by atoms with E-state index in [1.807, 2.05) is 0 Å². The highest BCUT2D eigenvalue weighted by atomic mass is 19.3. The fourth-order valence-electron chi connectivity index (χ4n) is 2.29. The van der Waals surface area contributed by atoms with E-state index in [2.05, 4.69) is 9.47 Å². The number of ether oxygens (including phenoxy) is 2. The number of nitrogens with zero attached hydrogens (tertiary/aromatic N) is 1. The first-order valence-electron chi connectivity index (χ1n) is 6.43. The van der Waals surface area contributed by atoms with Crippen LogP contribution in [-0.4, -0.2) is 43.6 Å². The number of amides is 1. The monoisotopic (exact) mass is 299 g/mol. The lowest BCUT2D eigenvalue weighted by atomic mass is 10.1. The Bertz CT molecular complexity index is 535. The molecule has 0 bridgehead atoms. The van der Waals surface area contributed by atoms with E-state index in [9.17, 15) is 18.4 Å². The largest absolute Gasteiger partial charge is 0.469 e. The number of rotatable bonds is 4. The lowest BCUT2D eigenvalue weighted by molar-refractivity contribution is -0.144. The van der Waals surface area contributed by atoms with Crippen molar-refractivity contribution in [2.75, 3.05) is 20.2 Å². The van der Waals surface area contributed by atoms with Crippen molar-refractivity contribution in [3.63, 3.8) is 0 Å². The van der Waals surface area contributed by atoms with E-state index in [1.165, 1.54) is 36.3 Å². The van der Waals surface area contributed by atoms with Crippen molar-refractivity contribution >= 4 is 11.9 Å². The summed E-state index contributed by atoms with van der Waals surface area (Å²) in [5, 5.41) is 0. The zero-order valence-corrected chi connectivity index (χ0v) is 11.4. The highest BCUT2D eigenvalue weighted by Gasteiger charge is 2.32. The first kappa shape index (κ1) is 15.2. The Balaban J connectivity index is 2.05. The molecule has 5 nitrogen and oxygen atoms in total. The van der Waals surface area contributed by atoms with Crippen LogP contribution >= 0.6 is 0 Å². The normalized spacial score (nSPS) is 17.9. The molecule has 1 amide bonds. The second kappa shape index (κ2) is 6.51. The Morgan fingerprint density at radius 2 is 2.14 bits per heavy atom. The molecule has 7 heteroatoms. The molecular formula is C14H15F2NO4. The van der Waals surface area contributed by atoms with Crippen LogP contribution in [0, 0.1) is 5.92 Å². The van der Waals surface area contributed by atoms with Gasteiger partial charge in [-0.25, -0.2) is 0 Å². The Labute approximate surface area is 120 Å². The highest BCUT2D eigenvalue weighted by Crippen LogP contribution is 2.22. The van der Waals surface area contributed by atoms with E-state index in [0.717, 1.165) is 0 Å². The minimum atomic E-state index is -2.94. The second-order valence-corrected chi connectivity index (χ2v) is 4.67. The number of carbonyl (C=O) groups is 2. The van der Waals surface area contributed by atoms with Crippen molar-refractivity contribution in [3.8, 4) is 5.75 Å². The maximum atomic E-state index is 12.3. The molecule has 1 aromatic rings. The molecule has 0 spiro atoms. The van der Waals surface area contributed by atoms with Gasteiger partial charge in [0.1, 0.15) is 5.75 Å². The Kier molecular flexibility index (Phi) is 4.72. The van der Waals surface area contributed by atoms with Gasteiger partial charge in [-0.15, -0.1) is 0 Å². The zero-order chi connectivity index (χ0) is 15.4. The van der Waals surface area contributed by atoms with Crippen LogP contribution in [0.4, 0.5) is 8.78 Å². The number of benzene rings is 1. The third kappa shape index (κ3) is 3.68. The molecule has 0 aliphatic carbocycles. The van der Waals surface area contributed by atoms with Gasteiger partial charge in [-0.05, 0) is 24.6 Å². The van der Waals surface area contributed by atoms with Crippen LogP contribution in [0.2, 0.25) is 0 Å². The van der Waals surface area contributed by atoms with Crippen LogP contribution in [0.15, 0.2) is 24.3 Å². The van der Waals surface area contributed by atoms with Gasteiger partial charge in [0.05, 0.1) is 13.0 Å². The smallest absolute Gasteiger partial charge is 0.387 e. The third-order valence-corrected chi connectivity index (χ3v) is 3.32. The van der Waals surface area contributed by atoms with Crippen LogP contribution in [0.5, 0.6) is 5.75 Å². The molecular weight excluding hydrogens is 284 g/mol. The lowest BCUT2D eigenvalue weighted by Gasteiger charge is -2.16. The van der Waals surface area contributed by atoms with Crippen LogP contribution < -0.4 is 4.74 Å². The number of hydrogen-bond acceptors (Lipinski definition) is 4. The summed E-state index contributed by atoms with van der Waals surface area (Å²) in [7, 11) is 1.30. The van der Waals surface area contributed by atoms with Crippen molar-refractivity contribution in [1.29, 1.82) is 0 Å². The number of carbonyl (C=O) groups excluding carboxylic acids is 2. The number of likely N-dealkylation sites (tertiary alicyclic amines) is 1. The van der Waals surface area contributed by atoms with Crippen LogP contribution in [0.3, 0.4) is 0 Å². The van der Waals surface area contributed by atoms with Gasteiger partial charge >= 0.3 is 12.6 Å². The molecule has 21 heavy (non-hydrogen) atoms. The van der Waals surface area contributed by atoms with E-state index < -0.39 is 6.61 Å². The SMILES string of the molecule is COC(=O)C1CCN(C(=O)c2cccc(OC(F)F)c2)C1. The minimum absolute atomic E-state index is 0.0698. The topological polar surface area (TPSA) is 55.8 Å². The van der Waals surface area contributed by atoms with Gasteiger partial charge in [0.25, 0.3) is 5.91 Å². The van der Waals surface area contributed by atoms with Gasteiger partial charge in [0.2, 0.25) is 0 Å². The van der Waals surface area contributed by atoms with Crippen molar-refractivity contribution in [2.45, 2.75) is 13.0 Å². The van der Waals surface area contributed by atoms with Crippen molar-refractivity contribution in [1.82, 2.24) is 4.90 Å². The molecule has 1 fully saturated rings. The maximum Gasteiger partial charge on any atom is 0.387 e. The number of halogens is 2. The first-order valence-corrected chi connectivity index (χ1v) is 6.43. The molecule has 114 valence electrons. The van der Waals surface area contributed by atoms with Gasteiger partial charge in [-0.2, -0.15) is 8.78 Å². The van der Waals surface area contributed by atoms with Gasteiger partial charge in [-0.3, -0.25) is 9.59 Å². The predicted molar refractivity (Wildman–Crippen MR) is 69.1 cm³/mol. The van der Waals surface area contributed by atoms with Gasteiger partial charge in [0.15, 0.2) is 0 Å². The first-order chi connectivity index (χ1) is 10.0. The molecule has 1 aliphatic rings. The summed E-state index contributed by atoms with van der Waals surface area (Å²) in [6, 6.07) is 5.61. The average Bonchev–Trinajstić information content (AvgIpc) is 2.95. The molecule has 1 saturated heterocycles. The third-order valence-electron chi connectivity index (χ3n) is 3.32. The van der Waals surface area contributed by atoms with Gasteiger partial charge in [-0.1, -0.05) is 6.07 Å². The summed E-state index contributed by atoms with van der Waals surface area (Å²) in [6.45, 7) is -2.24. The number of esters is 1. The van der Waals surface area contributed by atoms with Crippen LogP contribution in [0.1, 0.15) is 16.8 Å². The van der Waals surface area contributed by atoms with E-state index >= 15 is 0 Å². The molecule has 1 heterocycles. The summed E-state index contributed by atoms with van der Waals surface area (Å²) < 4.78 is 33.2. The number of hydrogen-bond donors (Lipinski definition) is 0. The highest BCUT2D eigenvalue weighted by molar-refractivity contribution is 5.95. The summed E-state index contributed by atoms with van der Waals surface area (Å²) in [4.78, 5) is 25.2. The Morgan fingerprint density at radius 3 is 2.81 bits per heavy atom. The molecule has 1 aromatic carbocycles. The summed E-state index contributed by atoms with van der Waals surface area (Å²) in [5.74, 6) is -1.07. The van der Waals surface area contributed by atoms with Gasteiger partial charge in [0, 0.05) is 18.7 Å². The summed E-state index contributed by atoms with van der Waals surface area (Å²) in [6.07, 6.45) is 0.533. The number of methoxy groups -OCH3 is 1. The van der Waals surface area contributed by atoms with Crippen LogP contribution in [-0.2, 0) is 9.53 Å². The van der Waals surface area contributed by atoms with E-state index in [4.69, 9.17) is 0 Å². The molecule has 0 radical (unpaired) electrons. The molecule has 0 N–H and O–H groups in total. The summed E-state index contributed by atoms with van der Waals surface area (Å²) in [5.41, 5.74) is 0.249. The predicted octanol–water partition coefficient (Wildman–Crippen LogP) is 1.92. The standard InChI is InChI=1S/C14H15F2NO4/c1-20-13(19)10-5-6-17(8-10)12(18)9-3-2-4-11(7-9)21-14(15)16/h2-4,7,10,14H,5-6,8H2,1H3. The van der Waals surface area contributed by atoms with Crippen LogP contribution in [0.25, 0.3) is 0 Å². The molecule has 1 unspecified atom stereocenters. The van der Waals surface area contributed by atoms with Crippen molar-refractivity contribution < 1.29 is 27.8 Å². The quantitative estimate of drug-likeness (QED) is 0.797. The zero-order valence-electron chi connectivity index (χ0n) is 11.4. The molecule has 0 aromatic heterocycles. The maximum absolute atomic E-state index is 12.3. The molecule has 1 aliphatic heterocycles. The van der Waals surface area contributed by atoms with E-state index in [0.29, 0.717) is 13.0 Å². The average molecular weight is 299 g/mol. The second-order valence-electron chi connectivity index (χ2n) is 4.67. The van der Waals surface area contributed by atoms with E-state index in [-0.39, 0.29) is 35.7 Å². The fourth-order valence-corrected chi connectivity index (χ4v) is 2.29. The molecule has 2 rings (SSSR count). The Morgan fingerprint density at radius 1 is 1.38 bits per heavy atom. The van der Waals surface area contributed by atoms with Crippen molar-refractivity contribution in [2.24, 2.45) is 5.92 Å². The van der Waals surface area contributed by atoms with Gasteiger partial charge < -0.3 is 14.4 Å². The fraction of sp³-hybridized carbons (Fsp3) is 0.429. The number of alkyl halides is 2. The lowest BCUT2D eigenvalue weighted by Crippen LogP contribution is -2.30. The minimum Gasteiger partial charge on any atom is -0.469 e. The van der Waals surface area contributed by atoms with Crippen molar-refractivity contribution in [3.05, 3.63) is 29.8 Å². The summed E-state index contributed by atoms with van der Waals surface area (Å²) >= 11 is 0. The molecule has 0 saturated carbocycles. The van der Waals surface area contributed by atoms with E-state index in [1.54, 1.807) is 0 Å². The molecule has 1 atom stereocenters.